The lowest BCUT2D eigenvalue weighted by molar-refractivity contribution is 1.02. The number of aromatic nitrogens is 2. The first-order valence-corrected chi connectivity index (χ1v) is 7.36. The molecule has 3 nitrogen and oxygen atoms in total. The summed E-state index contributed by atoms with van der Waals surface area (Å²) in [6.07, 6.45) is 0.987. The molecule has 3 aromatic rings. The standard InChI is InChI=1S/C16H15N3S/c1-3-7-13(8-4-1)11-12-17-16-18-15(19-20-16)14-9-5-2-6-10-14/h1-10H,11-12H2,(H,17,18,19). The number of hydrogen-bond donors (Lipinski definition) is 1. The Labute approximate surface area is 122 Å². The molecular formula is C16H15N3S. The van der Waals surface area contributed by atoms with Crippen molar-refractivity contribution >= 4 is 16.7 Å². The summed E-state index contributed by atoms with van der Waals surface area (Å²) >= 11 is 1.41. The zero-order chi connectivity index (χ0) is 13.6. The van der Waals surface area contributed by atoms with E-state index in [1.807, 2.05) is 36.4 Å². The van der Waals surface area contributed by atoms with Gasteiger partial charge in [-0.2, -0.15) is 9.36 Å². The Morgan fingerprint density at radius 1 is 0.900 bits per heavy atom. The van der Waals surface area contributed by atoms with Gasteiger partial charge >= 0.3 is 0 Å². The van der Waals surface area contributed by atoms with E-state index in [-0.39, 0.29) is 0 Å². The lowest BCUT2D eigenvalue weighted by Gasteiger charge is -2.01. The fourth-order valence-corrected chi connectivity index (χ4v) is 2.57. The maximum absolute atomic E-state index is 4.51. The van der Waals surface area contributed by atoms with Crippen LogP contribution in [0.25, 0.3) is 11.4 Å². The van der Waals surface area contributed by atoms with Gasteiger partial charge in [0.2, 0.25) is 5.13 Å². The molecule has 1 aromatic heterocycles. The van der Waals surface area contributed by atoms with E-state index in [9.17, 15) is 0 Å². The summed E-state index contributed by atoms with van der Waals surface area (Å²) in [7, 11) is 0. The molecule has 0 saturated heterocycles. The van der Waals surface area contributed by atoms with E-state index in [0.29, 0.717) is 0 Å². The van der Waals surface area contributed by atoms with Crippen LogP contribution in [0.1, 0.15) is 5.56 Å². The third kappa shape index (κ3) is 3.22. The molecule has 0 bridgehead atoms. The van der Waals surface area contributed by atoms with E-state index in [2.05, 4.69) is 38.9 Å². The second kappa shape index (κ2) is 6.30. The molecule has 2 aromatic carbocycles. The summed E-state index contributed by atoms with van der Waals surface area (Å²) in [6, 6.07) is 20.5. The Morgan fingerprint density at radius 2 is 1.60 bits per heavy atom. The molecule has 1 heterocycles. The van der Waals surface area contributed by atoms with E-state index < -0.39 is 0 Å². The van der Waals surface area contributed by atoms with Gasteiger partial charge in [0.05, 0.1) is 0 Å². The van der Waals surface area contributed by atoms with Crippen LogP contribution in [0.2, 0.25) is 0 Å². The zero-order valence-corrected chi connectivity index (χ0v) is 11.8. The highest BCUT2D eigenvalue weighted by atomic mass is 32.1. The van der Waals surface area contributed by atoms with Crippen LogP contribution in [0.15, 0.2) is 60.7 Å². The number of nitrogens with zero attached hydrogens (tertiary/aromatic N) is 2. The highest BCUT2D eigenvalue weighted by Gasteiger charge is 2.05. The number of rotatable bonds is 5. The molecule has 0 amide bonds. The summed E-state index contributed by atoms with van der Waals surface area (Å²) in [5.41, 5.74) is 2.38. The van der Waals surface area contributed by atoms with Crippen molar-refractivity contribution < 1.29 is 0 Å². The summed E-state index contributed by atoms with van der Waals surface area (Å²) in [6.45, 7) is 0.868. The molecule has 3 rings (SSSR count). The molecule has 0 atom stereocenters. The van der Waals surface area contributed by atoms with Crippen LogP contribution >= 0.6 is 11.5 Å². The molecule has 0 saturated carbocycles. The minimum absolute atomic E-state index is 0.790. The average Bonchev–Trinajstić information content (AvgIpc) is 2.98. The number of benzene rings is 2. The van der Waals surface area contributed by atoms with E-state index in [0.717, 1.165) is 29.5 Å². The fourth-order valence-electron chi connectivity index (χ4n) is 1.96. The van der Waals surface area contributed by atoms with Gasteiger partial charge in [-0.1, -0.05) is 60.7 Å². The van der Waals surface area contributed by atoms with Gasteiger partial charge in [0.1, 0.15) is 0 Å². The number of anilines is 1. The number of hydrogen-bond acceptors (Lipinski definition) is 4. The predicted octanol–water partition coefficient (Wildman–Crippen LogP) is 3.86. The first-order chi connectivity index (χ1) is 9.92. The molecule has 0 aliphatic carbocycles. The molecule has 1 N–H and O–H groups in total. The summed E-state index contributed by atoms with van der Waals surface area (Å²) in [4.78, 5) is 4.51. The van der Waals surface area contributed by atoms with Gasteiger partial charge in [0.25, 0.3) is 0 Å². The molecule has 0 radical (unpaired) electrons. The average molecular weight is 281 g/mol. The van der Waals surface area contributed by atoms with Crippen molar-refractivity contribution in [3.8, 4) is 11.4 Å². The van der Waals surface area contributed by atoms with E-state index >= 15 is 0 Å². The van der Waals surface area contributed by atoms with Crippen LogP contribution in [-0.2, 0) is 6.42 Å². The Bertz CT molecular complexity index is 650. The fraction of sp³-hybridized carbons (Fsp3) is 0.125. The molecule has 0 unspecified atom stereocenters. The van der Waals surface area contributed by atoms with Gasteiger partial charge in [0.15, 0.2) is 5.82 Å². The van der Waals surface area contributed by atoms with Crippen molar-refractivity contribution in [2.24, 2.45) is 0 Å². The molecule has 20 heavy (non-hydrogen) atoms. The lowest BCUT2D eigenvalue weighted by atomic mass is 10.1. The van der Waals surface area contributed by atoms with Gasteiger partial charge in [-0.3, -0.25) is 0 Å². The third-order valence-electron chi connectivity index (χ3n) is 2.99. The Morgan fingerprint density at radius 3 is 2.35 bits per heavy atom. The highest BCUT2D eigenvalue weighted by molar-refractivity contribution is 7.09. The van der Waals surface area contributed by atoms with Crippen molar-refractivity contribution in [3.05, 3.63) is 66.2 Å². The molecule has 0 fully saturated rings. The van der Waals surface area contributed by atoms with Crippen LogP contribution in [-0.4, -0.2) is 15.9 Å². The van der Waals surface area contributed by atoms with Gasteiger partial charge in [0, 0.05) is 23.6 Å². The van der Waals surface area contributed by atoms with Crippen molar-refractivity contribution in [1.82, 2.24) is 9.36 Å². The minimum Gasteiger partial charge on any atom is -0.360 e. The van der Waals surface area contributed by atoms with Gasteiger partial charge in [-0.05, 0) is 12.0 Å². The largest absolute Gasteiger partial charge is 0.360 e. The van der Waals surface area contributed by atoms with Crippen molar-refractivity contribution in [1.29, 1.82) is 0 Å². The minimum atomic E-state index is 0.790. The van der Waals surface area contributed by atoms with Crippen LogP contribution in [0.4, 0.5) is 5.13 Å². The summed E-state index contributed by atoms with van der Waals surface area (Å²) < 4.78 is 4.38. The van der Waals surface area contributed by atoms with Crippen molar-refractivity contribution in [3.63, 3.8) is 0 Å². The Kier molecular flexibility index (Phi) is 4.04. The van der Waals surface area contributed by atoms with Gasteiger partial charge in [-0.25, -0.2) is 0 Å². The molecule has 0 spiro atoms. The molecular weight excluding hydrogens is 266 g/mol. The van der Waals surface area contributed by atoms with E-state index in [1.54, 1.807) is 0 Å². The third-order valence-corrected chi connectivity index (χ3v) is 3.66. The van der Waals surface area contributed by atoms with Crippen LogP contribution in [0.3, 0.4) is 0 Å². The lowest BCUT2D eigenvalue weighted by Crippen LogP contribution is -2.04. The van der Waals surface area contributed by atoms with Crippen molar-refractivity contribution in [2.75, 3.05) is 11.9 Å². The van der Waals surface area contributed by atoms with Crippen LogP contribution in [0.5, 0.6) is 0 Å². The molecule has 0 aliphatic heterocycles. The highest BCUT2D eigenvalue weighted by Crippen LogP contribution is 2.20. The number of nitrogens with one attached hydrogen (secondary N) is 1. The van der Waals surface area contributed by atoms with Crippen LogP contribution in [0, 0.1) is 0 Å². The van der Waals surface area contributed by atoms with Crippen LogP contribution < -0.4 is 5.32 Å². The smallest absolute Gasteiger partial charge is 0.202 e. The van der Waals surface area contributed by atoms with Gasteiger partial charge < -0.3 is 5.32 Å². The quantitative estimate of drug-likeness (QED) is 0.771. The van der Waals surface area contributed by atoms with Crippen molar-refractivity contribution in [2.45, 2.75) is 6.42 Å². The van der Waals surface area contributed by atoms with E-state index in [4.69, 9.17) is 0 Å². The zero-order valence-electron chi connectivity index (χ0n) is 11.0. The summed E-state index contributed by atoms with van der Waals surface area (Å²) in [5, 5.41) is 4.20. The summed E-state index contributed by atoms with van der Waals surface area (Å²) in [5.74, 6) is 0.790. The topological polar surface area (TPSA) is 37.8 Å². The SMILES string of the molecule is c1ccc(CCNc2nc(-c3ccccc3)ns2)cc1. The second-order valence-corrected chi connectivity index (χ2v) is 5.20. The molecule has 100 valence electrons. The first kappa shape index (κ1) is 12.8. The monoisotopic (exact) mass is 281 g/mol. The second-order valence-electron chi connectivity index (χ2n) is 4.45. The maximum atomic E-state index is 4.51. The Hall–Kier alpha value is -2.20. The van der Waals surface area contributed by atoms with Gasteiger partial charge in [-0.15, -0.1) is 0 Å². The normalized spacial score (nSPS) is 10.4. The maximum Gasteiger partial charge on any atom is 0.202 e. The Balaban J connectivity index is 1.58. The predicted molar refractivity (Wildman–Crippen MR) is 84.0 cm³/mol. The molecule has 4 heteroatoms. The first-order valence-electron chi connectivity index (χ1n) is 6.59. The molecule has 0 aliphatic rings. The van der Waals surface area contributed by atoms with E-state index in [1.165, 1.54) is 17.1 Å².